The van der Waals surface area contributed by atoms with Gasteiger partial charge in [0.15, 0.2) is 9.84 Å². The molecule has 1 aromatic rings. The summed E-state index contributed by atoms with van der Waals surface area (Å²) in [6, 6.07) is 3.91. The number of hydrogen-bond donors (Lipinski definition) is 2. The van der Waals surface area contributed by atoms with E-state index in [0.29, 0.717) is 0 Å². The third-order valence-corrected chi connectivity index (χ3v) is 7.83. The second kappa shape index (κ2) is 11.5. The van der Waals surface area contributed by atoms with E-state index in [9.17, 15) is 18.3 Å². The Balaban J connectivity index is 2.02. The molecule has 0 spiro atoms. The summed E-state index contributed by atoms with van der Waals surface area (Å²) in [6.45, 7) is 12.2. The predicted octanol–water partition coefficient (Wildman–Crippen LogP) is 6.66. The molecular formula is C28H37NO4S. The van der Waals surface area contributed by atoms with Crippen molar-refractivity contribution in [1.82, 2.24) is 0 Å². The summed E-state index contributed by atoms with van der Waals surface area (Å²) in [5.41, 5.74) is 5.11. The van der Waals surface area contributed by atoms with Crippen LogP contribution in [0, 0.1) is 5.41 Å². The van der Waals surface area contributed by atoms with Crippen LogP contribution in [-0.2, 0) is 14.6 Å². The molecule has 6 heteroatoms. The molecule has 1 aliphatic carbocycles. The molecular weight excluding hydrogens is 446 g/mol. The standard InChI is InChI=1S/C28H37NO4S/c1-7-34(32,33)23-14-16-25(26(30)19-23)29-27(31)18-21(3)11-8-10-20(2)13-15-24-22(4)12-9-17-28(24,5)6/h8,10-11,13-16,18-19,30H,7,9,12,17H2,1-6H3,(H,29,31)/b11-8+,15-13+,20-10+,21-18+. The van der Waals surface area contributed by atoms with Gasteiger partial charge >= 0.3 is 0 Å². The monoisotopic (exact) mass is 483 g/mol. The first kappa shape index (κ1) is 27.4. The number of allylic oxidation sites excluding steroid dienone is 9. The molecule has 2 N–H and O–H groups in total. The highest BCUT2D eigenvalue weighted by atomic mass is 32.2. The molecule has 1 aromatic carbocycles. The third kappa shape index (κ3) is 7.59. The maximum absolute atomic E-state index is 12.3. The van der Waals surface area contributed by atoms with E-state index < -0.39 is 15.7 Å². The van der Waals surface area contributed by atoms with Gasteiger partial charge in [-0.05, 0) is 68.7 Å². The van der Waals surface area contributed by atoms with E-state index in [1.165, 1.54) is 49.1 Å². The van der Waals surface area contributed by atoms with Gasteiger partial charge in [0.2, 0.25) is 5.91 Å². The van der Waals surface area contributed by atoms with E-state index in [-0.39, 0.29) is 27.5 Å². The molecule has 1 amide bonds. The topological polar surface area (TPSA) is 83.5 Å². The molecule has 0 radical (unpaired) electrons. The molecule has 5 nitrogen and oxygen atoms in total. The van der Waals surface area contributed by atoms with E-state index in [2.05, 4.69) is 38.2 Å². The smallest absolute Gasteiger partial charge is 0.248 e. The maximum atomic E-state index is 12.3. The van der Waals surface area contributed by atoms with Crippen molar-refractivity contribution in [2.75, 3.05) is 11.1 Å². The molecule has 0 bridgehead atoms. The lowest BCUT2D eigenvalue weighted by Gasteiger charge is -2.32. The predicted molar refractivity (Wildman–Crippen MR) is 141 cm³/mol. The summed E-state index contributed by atoms with van der Waals surface area (Å²) in [4.78, 5) is 12.3. The highest BCUT2D eigenvalue weighted by Gasteiger charge is 2.26. The molecule has 0 saturated heterocycles. The zero-order valence-corrected chi connectivity index (χ0v) is 21.9. The summed E-state index contributed by atoms with van der Waals surface area (Å²) in [7, 11) is -3.43. The molecule has 184 valence electrons. The Morgan fingerprint density at radius 1 is 1.18 bits per heavy atom. The van der Waals surface area contributed by atoms with Crippen LogP contribution < -0.4 is 5.32 Å². The Hall–Kier alpha value is -2.86. The molecule has 0 aromatic heterocycles. The van der Waals surface area contributed by atoms with Gasteiger partial charge in [-0.25, -0.2) is 8.42 Å². The second-order valence-corrected chi connectivity index (χ2v) is 11.8. The van der Waals surface area contributed by atoms with Crippen molar-refractivity contribution < 1.29 is 18.3 Å². The van der Waals surface area contributed by atoms with Crippen LogP contribution in [-0.4, -0.2) is 25.2 Å². The van der Waals surface area contributed by atoms with Gasteiger partial charge in [-0.15, -0.1) is 0 Å². The van der Waals surface area contributed by atoms with Crippen molar-refractivity contribution >= 4 is 21.4 Å². The molecule has 0 unspecified atom stereocenters. The number of amides is 1. The van der Waals surface area contributed by atoms with E-state index in [0.717, 1.165) is 23.6 Å². The Morgan fingerprint density at radius 3 is 2.50 bits per heavy atom. The molecule has 1 aliphatic rings. The average molecular weight is 484 g/mol. The molecule has 0 saturated carbocycles. The van der Waals surface area contributed by atoms with Crippen LogP contribution in [0.3, 0.4) is 0 Å². The first-order chi connectivity index (χ1) is 15.9. The quantitative estimate of drug-likeness (QED) is 0.246. The van der Waals surface area contributed by atoms with Crippen molar-refractivity contribution in [2.24, 2.45) is 5.41 Å². The van der Waals surface area contributed by atoms with Gasteiger partial charge in [0.25, 0.3) is 0 Å². The molecule has 0 aliphatic heterocycles. The number of phenolic OH excluding ortho intramolecular Hbond substituents is 1. The lowest BCUT2D eigenvalue weighted by atomic mass is 9.72. The van der Waals surface area contributed by atoms with Crippen molar-refractivity contribution in [3.63, 3.8) is 0 Å². The van der Waals surface area contributed by atoms with Crippen LogP contribution in [0.1, 0.15) is 60.8 Å². The van der Waals surface area contributed by atoms with Gasteiger partial charge in [-0.1, -0.05) is 62.3 Å². The van der Waals surface area contributed by atoms with Crippen LogP contribution in [0.2, 0.25) is 0 Å². The van der Waals surface area contributed by atoms with Gasteiger partial charge < -0.3 is 10.4 Å². The molecule has 0 heterocycles. The van der Waals surface area contributed by atoms with Crippen molar-refractivity contribution in [2.45, 2.75) is 65.7 Å². The number of rotatable bonds is 8. The Kier molecular flexibility index (Phi) is 9.28. The van der Waals surface area contributed by atoms with Gasteiger partial charge in [0.05, 0.1) is 16.3 Å². The van der Waals surface area contributed by atoms with Crippen LogP contribution in [0.5, 0.6) is 5.75 Å². The third-order valence-electron chi connectivity index (χ3n) is 6.10. The van der Waals surface area contributed by atoms with E-state index in [1.807, 2.05) is 32.1 Å². The second-order valence-electron chi connectivity index (χ2n) is 9.49. The zero-order chi connectivity index (χ0) is 25.5. The number of carbonyl (C=O) groups is 1. The van der Waals surface area contributed by atoms with Gasteiger partial charge in [0.1, 0.15) is 5.75 Å². The van der Waals surface area contributed by atoms with Crippen LogP contribution in [0.4, 0.5) is 5.69 Å². The van der Waals surface area contributed by atoms with Crippen LogP contribution >= 0.6 is 0 Å². The number of aromatic hydroxyl groups is 1. The van der Waals surface area contributed by atoms with Gasteiger partial charge in [-0.3, -0.25) is 4.79 Å². The fourth-order valence-electron chi connectivity index (χ4n) is 4.03. The number of benzene rings is 1. The zero-order valence-electron chi connectivity index (χ0n) is 21.1. The van der Waals surface area contributed by atoms with Gasteiger partial charge in [0, 0.05) is 12.1 Å². The van der Waals surface area contributed by atoms with Crippen molar-refractivity contribution in [3.05, 3.63) is 76.9 Å². The minimum Gasteiger partial charge on any atom is -0.506 e. The fourth-order valence-corrected chi connectivity index (χ4v) is 4.93. The molecule has 34 heavy (non-hydrogen) atoms. The Morgan fingerprint density at radius 2 is 1.88 bits per heavy atom. The summed E-state index contributed by atoms with van der Waals surface area (Å²) >= 11 is 0. The Labute approximate surface area is 204 Å². The van der Waals surface area contributed by atoms with Gasteiger partial charge in [-0.2, -0.15) is 0 Å². The number of phenols is 1. The number of anilines is 1. The number of carbonyl (C=O) groups excluding carboxylic acids is 1. The normalized spacial score (nSPS) is 17.6. The minimum atomic E-state index is -3.43. The summed E-state index contributed by atoms with van der Waals surface area (Å²) in [6.07, 6.45) is 15.1. The number of nitrogens with one attached hydrogen (secondary N) is 1. The number of sulfone groups is 1. The number of hydrogen-bond acceptors (Lipinski definition) is 4. The first-order valence-electron chi connectivity index (χ1n) is 11.6. The summed E-state index contributed by atoms with van der Waals surface area (Å²) in [5.74, 6) is -0.765. The maximum Gasteiger partial charge on any atom is 0.248 e. The van der Waals surface area contributed by atoms with Crippen molar-refractivity contribution in [1.29, 1.82) is 0 Å². The average Bonchev–Trinajstić information content (AvgIpc) is 2.74. The van der Waals surface area contributed by atoms with Crippen LogP contribution in [0.25, 0.3) is 0 Å². The molecule has 2 rings (SSSR count). The summed E-state index contributed by atoms with van der Waals surface area (Å²) < 4.78 is 23.8. The Bertz CT molecular complexity index is 1180. The van der Waals surface area contributed by atoms with Crippen molar-refractivity contribution in [3.8, 4) is 5.75 Å². The first-order valence-corrected chi connectivity index (χ1v) is 13.3. The van der Waals surface area contributed by atoms with E-state index >= 15 is 0 Å². The molecule has 0 atom stereocenters. The SMILES string of the molecule is CCS(=O)(=O)c1ccc(NC(=O)/C=C(C)/C=C/C=C(C)/C=C/C2=C(C)CCCC2(C)C)c(O)c1. The minimum absolute atomic E-state index is 0.0230. The van der Waals surface area contributed by atoms with E-state index in [1.54, 1.807) is 0 Å². The lowest BCUT2D eigenvalue weighted by Crippen LogP contribution is -2.19. The highest BCUT2D eigenvalue weighted by Crippen LogP contribution is 2.40. The molecule has 0 fully saturated rings. The fraction of sp³-hybridized carbons (Fsp3) is 0.393. The van der Waals surface area contributed by atoms with E-state index in [4.69, 9.17) is 0 Å². The van der Waals surface area contributed by atoms with Crippen LogP contribution in [0.15, 0.2) is 81.8 Å². The summed E-state index contributed by atoms with van der Waals surface area (Å²) in [5, 5.41) is 12.7. The lowest BCUT2D eigenvalue weighted by molar-refractivity contribution is -0.112. The highest BCUT2D eigenvalue weighted by molar-refractivity contribution is 7.91. The largest absolute Gasteiger partial charge is 0.506 e.